The lowest BCUT2D eigenvalue weighted by Gasteiger charge is -2.19. The van der Waals surface area contributed by atoms with Crippen LogP contribution >= 0.6 is 0 Å². The Labute approximate surface area is 458 Å². The normalized spacial score (nSPS) is 23.9. The van der Waals surface area contributed by atoms with Crippen LogP contribution in [0.25, 0.3) is 44.8 Å². The highest BCUT2D eigenvalue weighted by Gasteiger charge is 2.26. The standard InChI is InChI=1S/2C25H36N6O4S/c2*1-5-8-20-22-23(31(4)29-20)25(32)28-24(27-22)19-16-18(10-11-21(19)35-15-6-2)36(33,34)26-13-12-17-9-7-14-30(17)3/h2*10-11,16-17,26H,5-9,12-15H2,1-4H3,(H,27,28,32)/i1D3,3D3,4D3,5D2,13D2;1D3,3D3,4D3,5D2,8D2. The number of nitrogens with zero attached hydrogens (tertiary/aromatic N) is 8. The highest BCUT2D eigenvalue weighted by Crippen LogP contribution is 2.33. The lowest BCUT2D eigenvalue weighted by molar-refractivity contribution is 0.297. The fraction of sp³-hybridized carbons (Fsp3) is 0.560. The largest absolute Gasteiger partial charge is 0.493 e. The molecule has 2 saturated heterocycles. The van der Waals surface area contributed by atoms with Gasteiger partial charge in [-0.15, -0.1) is 0 Å². The van der Waals surface area contributed by atoms with Crippen molar-refractivity contribution in [3.05, 3.63) is 68.5 Å². The first-order valence-electron chi connectivity index (χ1n) is 35.8. The minimum atomic E-state index is -4.66. The number of ether oxygens (including phenoxy) is 2. The Kier molecular flexibility index (Phi) is 9.80. The van der Waals surface area contributed by atoms with Crippen LogP contribution in [0.2, 0.25) is 0 Å². The summed E-state index contributed by atoms with van der Waals surface area (Å²) in [5.74, 6) is -0.749. The van der Waals surface area contributed by atoms with Crippen LogP contribution in [0.5, 0.6) is 11.5 Å². The molecule has 20 nitrogen and oxygen atoms in total. The Morgan fingerprint density at radius 2 is 1.24 bits per heavy atom. The molecule has 2 aliphatic heterocycles. The van der Waals surface area contributed by atoms with E-state index in [1.807, 2.05) is 4.72 Å². The second-order valence-electron chi connectivity index (χ2n) is 16.6. The molecule has 22 heteroatoms. The topological polar surface area (TPSA) is 244 Å². The summed E-state index contributed by atoms with van der Waals surface area (Å²) in [6.07, 6.45) is -8.15. The Hall–Kier alpha value is -5.52. The molecular formula is C50H72N12O8S2. The summed E-state index contributed by atoms with van der Waals surface area (Å²) in [6.45, 7) is -16.0. The van der Waals surface area contributed by atoms with E-state index in [9.17, 15) is 26.4 Å². The van der Waals surface area contributed by atoms with Crippen molar-refractivity contribution in [3.8, 4) is 34.3 Å². The first kappa shape index (κ1) is 29.4. The Balaban J connectivity index is 0.000000276. The molecule has 392 valence electrons. The van der Waals surface area contributed by atoms with Crippen LogP contribution in [0.1, 0.15) is 139 Å². The monoisotopic (exact) mass is 1060 g/mol. The number of benzene rings is 2. The summed E-state index contributed by atoms with van der Waals surface area (Å²) in [5.41, 5.74) is -6.65. The Bertz CT molecular complexity index is 4240. The molecule has 2 aliphatic rings. The number of aromatic nitrogens is 8. The summed E-state index contributed by atoms with van der Waals surface area (Å²) in [6, 6.07) is 5.89. The summed E-state index contributed by atoms with van der Waals surface area (Å²) in [4.78, 5) is 41.8. The van der Waals surface area contributed by atoms with Crippen LogP contribution < -0.4 is 30.0 Å². The van der Waals surface area contributed by atoms with Gasteiger partial charge in [0, 0.05) is 74.7 Å². The molecule has 2 fully saturated rings. The molecule has 2 atom stereocenters. The number of hydrogen-bond acceptors (Lipinski definition) is 14. The van der Waals surface area contributed by atoms with Gasteiger partial charge in [-0.25, -0.2) is 36.2 Å². The van der Waals surface area contributed by atoms with E-state index in [4.69, 9.17) is 45.1 Å². The van der Waals surface area contributed by atoms with Crippen molar-refractivity contribution in [2.75, 3.05) is 53.3 Å². The number of aryl methyl sites for hydroxylation is 4. The lowest BCUT2D eigenvalue weighted by atomic mass is 10.1. The van der Waals surface area contributed by atoms with E-state index in [0.29, 0.717) is 49.8 Å². The molecule has 0 radical (unpaired) electrons. The summed E-state index contributed by atoms with van der Waals surface area (Å²) in [5, 5.41) is 7.50. The third-order valence-corrected chi connectivity index (χ3v) is 14.3. The van der Waals surface area contributed by atoms with E-state index in [-0.39, 0.29) is 76.8 Å². The molecule has 0 bridgehead atoms. The molecule has 0 amide bonds. The van der Waals surface area contributed by atoms with Gasteiger partial charge in [-0.2, -0.15) is 10.2 Å². The van der Waals surface area contributed by atoms with Gasteiger partial charge in [-0.05, 0) is 128 Å². The number of aromatic amines is 2. The summed E-state index contributed by atoms with van der Waals surface area (Å²) in [7, 11) is -8.91. The molecule has 72 heavy (non-hydrogen) atoms. The van der Waals surface area contributed by atoms with Gasteiger partial charge in [0.2, 0.25) is 20.0 Å². The van der Waals surface area contributed by atoms with E-state index in [0.717, 1.165) is 23.1 Å². The fourth-order valence-corrected chi connectivity index (χ4v) is 10.0. The van der Waals surface area contributed by atoms with Crippen molar-refractivity contribution in [3.63, 3.8) is 0 Å². The van der Waals surface area contributed by atoms with Crippen molar-refractivity contribution in [1.82, 2.24) is 58.7 Å². The number of likely N-dealkylation sites (tertiary alicyclic amines) is 2. The number of hydrogen-bond donors (Lipinski definition) is 4. The number of sulfonamides is 2. The van der Waals surface area contributed by atoms with Crippen molar-refractivity contribution in [1.29, 1.82) is 0 Å². The molecule has 0 aliphatic carbocycles. The van der Waals surface area contributed by atoms with Gasteiger partial charge in [0.05, 0.1) is 45.5 Å². The molecule has 0 spiro atoms. The van der Waals surface area contributed by atoms with Crippen LogP contribution in [0, 0.1) is 0 Å². The number of nitrogens with one attached hydrogen (secondary N) is 4. The van der Waals surface area contributed by atoms with Crippen molar-refractivity contribution >= 4 is 42.1 Å². The summed E-state index contributed by atoms with van der Waals surface area (Å²) < 4.78 is 275. The van der Waals surface area contributed by atoms with Gasteiger partial charge in [0.1, 0.15) is 34.2 Å². The quantitative estimate of drug-likeness (QED) is 0.0642. The molecule has 8 rings (SSSR count). The number of H-pyrrole nitrogens is 2. The van der Waals surface area contributed by atoms with Gasteiger partial charge < -0.3 is 29.2 Å². The van der Waals surface area contributed by atoms with Crippen molar-refractivity contribution in [2.45, 2.75) is 126 Å². The predicted octanol–water partition coefficient (Wildman–Crippen LogP) is 5.66. The van der Waals surface area contributed by atoms with Gasteiger partial charge >= 0.3 is 0 Å². The third-order valence-electron chi connectivity index (χ3n) is 11.6. The number of rotatable bonds is 22. The fourth-order valence-electron chi connectivity index (χ4n) is 8.05. The smallest absolute Gasteiger partial charge is 0.277 e. The van der Waals surface area contributed by atoms with Crippen molar-refractivity contribution in [2.24, 2.45) is 14.0 Å². The molecule has 4 aromatic heterocycles. The summed E-state index contributed by atoms with van der Waals surface area (Å²) >= 11 is 0. The van der Waals surface area contributed by atoms with Crippen LogP contribution in [-0.2, 0) is 46.8 Å². The van der Waals surface area contributed by atoms with Gasteiger partial charge in [0.15, 0.2) is 11.0 Å². The zero-order chi connectivity index (χ0) is 73.9. The molecule has 2 unspecified atom stereocenters. The minimum absolute atomic E-state index is 0.0215. The Morgan fingerprint density at radius 3 is 1.76 bits per heavy atom. The first-order chi connectivity index (χ1) is 44.6. The number of fused-ring (bicyclic) bond motifs is 2. The molecule has 4 N–H and O–H groups in total. The maximum Gasteiger partial charge on any atom is 0.277 e. The van der Waals surface area contributed by atoms with Gasteiger partial charge in [0.25, 0.3) is 11.1 Å². The van der Waals surface area contributed by atoms with Crippen LogP contribution in [0.15, 0.2) is 55.8 Å². The second-order valence-corrected chi connectivity index (χ2v) is 20.1. The zero-order valence-electron chi connectivity index (χ0n) is 65.2. The maximum absolute atomic E-state index is 13.5. The molecule has 6 heterocycles. The maximum atomic E-state index is 13.5. The van der Waals surface area contributed by atoms with Crippen LogP contribution in [0.4, 0.5) is 0 Å². The molecule has 0 saturated carbocycles. The minimum Gasteiger partial charge on any atom is -0.493 e. The van der Waals surface area contributed by atoms with Crippen molar-refractivity contribution < 1.29 is 61.9 Å². The average molecular weight is 1060 g/mol. The van der Waals surface area contributed by atoms with E-state index in [1.165, 1.54) is 23.1 Å². The van der Waals surface area contributed by atoms with Gasteiger partial charge in [-0.1, -0.05) is 40.3 Å². The molecule has 2 aromatic carbocycles. The predicted molar refractivity (Wildman–Crippen MR) is 280 cm³/mol. The van der Waals surface area contributed by atoms with Gasteiger partial charge in [-0.3, -0.25) is 19.0 Å². The lowest BCUT2D eigenvalue weighted by Crippen LogP contribution is -2.31. The zero-order valence-corrected chi connectivity index (χ0v) is 40.8. The molecule has 6 aromatic rings. The third kappa shape index (κ3) is 12.4. The second kappa shape index (κ2) is 24.0. The van der Waals surface area contributed by atoms with E-state index in [1.54, 1.807) is 13.8 Å². The van der Waals surface area contributed by atoms with E-state index < -0.39 is 161 Å². The SMILES string of the molecule is [2H]C([2H])(CC1CCCN1C([2H])([2H])[2H])NS(=O)(=O)c1ccc(OCCC)c(-c2nc3c(CC([2H])([2H])C([2H])([2H])[2H])nn(C([2H])([2H])[2H])c3c(=O)[nH]2)c1.[2H]C([2H])([2H])N1CCCC1CCNS(=O)(=O)c1ccc(OCCC)c(-c2nc3c(C([2H])([2H])C([2H])([2H])C([2H])([2H])[2H])nn(C([2H])([2H])[2H])c3c(=O)[nH]2)c1. The van der Waals surface area contributed by atoms with E-state index >= 15 is 0 Å². The Morgan fingerprint density at radius 1 is 0.708 bits per heavy atom. The average Bonchev–Trinajstić information content (AvgIpc) is 1.53. The molecular weight excluding hydrogens is 961 g/mol. The highest BCUT2D eigenvalue weighted by molar-refractivity contribution is 7.89. The highest BCUT2D eigenvalue weighted by atomic mass is 32.2. The van der Waals surface area contributed by atoms with E-state index in [2.05, 4.69) is 34.9 Å². The van der Waals surface area contributed by atoms with Crippen LogP contribution in [-0.4, -0.2) is 132 Å². The first-order valence-corrected chi connectivity index (χ1v) is 25.8. The van der Waals surface area contributed by atoms with Crippen LogP contribution in [0.3, 0.4) is 0 Å².